The molecule has 1 N–H and O–H groups in total. The summed E-state index contributed by atoms with van der Waals surface area (Å²) >= 11 is 3.72. The third-order valence-electron chi connectivity index (χ3n) is 4.18. The summed E-state index contributed by atoms with van der Waals surface area (Å²) in [4.78, 5) is 7.16. The Morgan fingerprint density at radius 2 is 2.26 bits per heavy atom. The summed E-state index contributed by atoms with van der Waals surface area (Å²) in [5.74, 6) is 1.91. The van der Waals surface area contributed by atoms with Crippen molar-refractivity contribution in [3.05, 3.63) is 22.3 Å². The zero-order chi connectivity index (χ0) is 13.2. The van der Waals surface area contributed by atoms with Crippen LogP contribution < -0.4 is 10.2 Å². The molecule has 1 aliphatic carbocycles. The zero-order valence-electron chi connectivity index (χ0n) is 11.5. The molecule has 1 atom stereocenters. The maximum atomic E-state index is 4.62. The van der Waals surface area contributed by atoms with Gasteiger partial charge in [-0.05, 0) is 79.2 Å². The average molecular weight is 324 g/mol. The van der Waals surface area contributed by atoms with Crippen molar-refractivity contribution in [3.8, 4) is 0 Å². The van der Waals surface area contributed by atoms with Gasteiger partial charge in [0.1, 0.15) is 5.82 Å². The number of aromatic nitrogens is 1. The van der Waals surface area contributed by atoms with Crippen molar-refractivity contribution in [1.82, 2.24) is 10.3 Å². The van der Waals surface area contributed by atoms with Crippen LogP contribution in [0.25, 0.3) is 0 Å². The molecule has 2 fully saturated rings. The topological polar surface area (TPSA) is 28.2 Å². The number of hydrogen-bond donors (Lipinski definition) is 1. The number of pyridine rings is 1. The predicted octanol–water partition coefficient (Wildman–Crippen LogP) is 3.12. The fourth-order valence-electron chi connectivity index (χ4n) is 2.88. The first-order valence-electron chi connectivity index (χ1n) is 7.34. The molecule has 3 nitrogen and oxygen atoms in total. The van der Waals surface area contributed by atoms with E-state index in [1.165, 1.54) is 42.3 Å². The first kappa shape index (κ1) is 13.4. The van der Waals surface area contributed by atoms with Crippen LogP contribution in [0.5, 0.6) is 0 Å². The van der Waals surface area contributed by atoms with Crippen molar-refractivity contribution in [3.63, 3.8) is 0 Å². The fraction of sp³-hybridized carbons (Fsp3) is 0.667. The SMILES string of the molecule is Cc1ccnc(N(CC2CCCNC2)C2CC2)c1Br. The molecule has 1 saturated heterocycles. The highest BCUT2D eigenvalue weighted by molar-refractivity contribution is 9.10. The largest absolute Gasteiger partial charge is 0.352 e. The smallest absolute Gasteiger partial charge is 0.143 e. The van der Waals surface area contributed by atoms with Gasteiger partial charge in [-0.1, -0.05) is 0 Å². The number of aryl methyl sites for hydroxylation is 1. The monoisotopic (exact) mass is 323 g/mol. The molecule has 19 heavy (non-hydrogen) atoms. The van der Waals surface area contributed by atoms with Gasteiger partial charge in [-0.25, -0.2) is 4.98 Å². The molecule has 0 radical (unpaired) electrons. The number of hydrogen-bond acceptors (Lipinski definition) is 3. The van der Waals surface area contributed by atoms with E-state index in [0.717, 1.165) is 24.8 Å². The van der Waals surface area contributed by atoms with E-state index in [1.807, 2.05) is 6.20 Å². The Hall–Kier alpha value is -0.610. The van der Waals surface area contributed by atoms with Crippen LogP contribution in [0.2, 0.25) is 0 Å². The lowest BCUT2D eigenvalue weighted by molar-refractivity contribution is 0.375. The van der Waals surface area contributed by atoms with E-state index in [4.69, 9.17) is 0 Å². The van der Waals surface area contributed by atoms with Gasteiger partial charge in [-0.15, -0.1) is 0 Å². The van der Waals surface area contributed by atoms with Crippen molar-refractivity contribution >= 4 is 21.7 Å². The number of rotatable bonds is 4. The molecule has 1 aromatic heterocycles. The van der Waals surface area contributed by atoms with Gasteiger partial charge < -0.3 is 10.2 Å². The lowest BCUT2D eigenvalue weighted by Gasteiger charge is -2.31. The van der Waals surface area contributed by atoms with Gasteiger partial charge in [0.05, 0.1) is 4.47 Å². The van der Waals surface area contributed by atoms with Crippen molar-refractivity contribution < 1.29 is 0 Å². The second-order valence-corrected chi connectivity index (χ2v) is 6.65. The minimum absolute atomic E-state index is 0.715. The van der Waals surface area contributed by atoms with E-state index in [1.54, 1.807) is 0 Å². The molecule has 2 heterocycles. The number of halogens is 1. The first-order chi connectivity index (χ1) is 9.25. The minimum Gasteiger partial charge on any atom is -0.352 e. The molecule has 4 heteroatoms. The van der Waals surface area contributed by atoms with E-state index in [0.29, 0.717) is 6.04 Å². The van der Waals surface area contributed by atoms with E-state index in [2.05, 4.69) is 44.1 Å². The Labute approximate surface area is 123 Å². The van der Waals surface area contributed by atoms with Crippen molar-refractivity contribution in [2.45, 2.75) is 38.6 Å². The zero-order valence-corrected chi connectivity index (χ0v) is 13.1. The van der Waals surface area contributed by atoms with Crippen LogP contribution in [0.3, 0.4) is 0 Å². The number of piperidine rings is 1. The molecule has 104 valence electrons. The van der Waals surface area contributed by atoms with Gasteiger partial charge in [-0.3, -0.25) is 0 Å². The Bertz CT molecular complexity index is 439. The highest BCUT2D eigenvalue weighted by Gasteiger charge is 2.33. The molecular formula is C15H22BrN3. The first-order valence-corrected chi connectivity index (χ1v) is 8.13. The van der Waals surface area contributed by atoms with Crippen LogP contribution >= 0.6 is 15.9 Å². The van der Waals surface area contributed by atoms with Crippen LogP contribution in [-0.4, -0.2) is 30.7 Å². The summed E-state index contributed by atoms with van der Waals surface area (Å²) < 4.78 is 1.17. The van der Waals surface area contributed by atoms with Gasteiger partial charge in [0, 0.05) is 18.8 Å². The van der Waals surface area contributed by atoms with Crippen molar-refractivity contribution in [2.75, 3.05) is 24.5 Å². The Morgan fingerprint density at radius 1 is 1.42 bits per heavy atom. The van der Waals surface area contributed by atoms with E-state index >= 15 is 0 Å². The fourth-order valence-corrected chi connectivity index (χ4v) is 3.34. The van der Waals surface area contributed by atoms with Gasteiger partial charge in [0.25, 0.3) is 0 Å². The van der Waals surface area contributed by atoms with E-state index in [-0.39, 0.29) is 0 Å². The van der Waals surface area contributed by atoms with Crippen molar-refractivity contribution in [1.29, 1.82) is 0 Å². The molecule has 0 aromatic carbocycles. The Morgan fingerprint density at radius 3 is 2.95 bits per heavy atom. The van der Waals surface area contributed by atoms with Crippen LogP contribution in [0.4, 0.5) is 5.82 Å². The van der Waals surface area contributed by atoms with Crippen LogP contribution in [0.15, 0.2) is 16.7 Å². The van der Waals surface area contributed by atoms with Crippen LogP contribution in [0.1, 0.15) is 31.2 Å². The van der Waals surface area contributed by atoms with Gasteiger partial charge in [-0.2, -0.15) is 0 Å². The molecule has 0 amide bonds. The summed E-state index contributed by atoms with van der Waals surface area (Å²) in [5, 5.41) is 3.52. The third kappa shape index (κ3) is 3.11. The Balaban J connectivity index is 1.78. The summed E-state index contributed by atoms with van der Waals surface area (Å²) in [5.41, 5.74) is 1.28. The summed E-state index contributed by atoms with van der Waals surface area (Å²) in [7, 11) is 0. The number of nitrogens with zero attached hydrogens (tertiary/aromatic N) is 2. The number of anilines is 1. The minimum atomic E-state index is 0.715. The third-order valence-corrected chi connectivity index (χ3v) is 5.16. The van der Waals surface area contributed by atoms with E-state index < -0.39 is 0 Å². The average Bonchev–Trinajstić information content (AvgIpc) is 3.25. The van der Waals surface area contributed by atoms with Gasteiger partial charge >= 0.3 is 0 Å². The molecular weight excluding hydrogens is 302 g/mol. The Kier molecular flexibility index (Phi) is 4.08. The van der Waals surface area contributed by atoms with E-state index in [9.17, 15) is 0 Å². The normalized spacial score (nSPS) is 23.4. The second-order valence-electron chi connectivity index (χ2n) is 5.86. The van der Waals surface area contributed by atoms with Gasteiger partial charge in [0.2, 0.25) is 0 Å². The summed E-state index contributed by atoms with van der Waals surface area (Å²) in [6, 6.07) is 2.79. The lowest BCUT2D eigenvalue weighted by atomic mass is 9.99. The van der Waals surface area contributed by atoms with Crippen molar-refractivity contribution in [2.24, 2.45) is 5.92 Å². The predicted molar refractivity (Wildman–Crippen MR) is 82.6 cm³/mol. The summed E-state index contributed by atoms with van der Waals surface area (Å²) in [6.45, 7) is 5.63. The molecule has 0 bridgehead atoms. The quantitative estimate of drug-likeness (QED) is 0.922. The molecule has 0 spiro atoms. The summed E-state index contributed by atoms with van der Waals surface area (Å²) in [6.07, 6.45) is 7.24. The lowest BCUT2D eigenvalue weighted by Crippen LogP contribution is -2.39. The molecule has 1 aromatic rings. The van der Waals surface area contributed by atoms with Crippen LogP contribution in [0, 0.1) is 12.8 Å². The number of nitrogens with one attached hydrogen (secondary N) is 1. The highest BCUT2D eigenvalue weighted by atomic mass is 79.9. The molecule has 3 rings (SSSR count). The standard InChI is InChI=1S/C15H22BrN3/c1-11-6-8-18-15(14(11)16)19(13-4-5-13)10-12-3-2-7-17-9-12/h6,8,12-13,17H,2-5,7,9-10H2,1H3. The molecule has 1 saturated carbocycles. The second kappa shape index (κ2) is 5.80. The van der Waals surface area contributed by atoms with Gasteiger partial charge in [0.15, 0.2) is 0 Å². The van der Waals surface area contributed by atoms with Crippen LogP contribution in [-0.2, 0) is 0 Å². The maximum absolute atomic E-state index is 4.62. The molecule has 1 unspecified atom stereocenters. The molecule has 1 aliphatic heterocycles. The maximum Gasteiger partial charge on any atom is 0.143 e. The molecule has 2 aliphatic rings. The highest BCUT2D eigenvalue weighted by Crippen LogP contribution is 2.36.